The maximum atomic E-state index is 13.2. The van der Waals surface area contributed by atoms with E-state index in [9.17, 15) is 45.6 Å². The predicted molar refractivity (Wildman–Crippen MR) is 282 cm³/mol. The van der Waals surface area contributed by atoms with Gasteiger partial charge in [-0.3, -0.25) is 4.79 Å². The molecule has 0 aromatic carbocycles. The summed E-state index contributed by atoms with van der Waals surface area (Å²) < 4.78 is 22.8. The molecule has 9 N–H and O–H groups in total. The molecule has 71 heavy (non-hydrogen) atoms. The van der Waals surface area contributed by atoms with Crippen LogP contribution in [-0.2, 0) is 23.7 Å². The van der Waals surface area contributed by atoms with E-state index in [1.54, 1.807) is 0 Å². The third kappa shape index (κ3) is 30.2. The van der Waals surface area contributed by atoms with Crippen LogP contribution in [-0.4, -0.2) is 140 Å². The summed E-state index contributed by atoms with van der Waals surface area (Å²) >= 11 is 0. The Labute approximate surface area is 431 Å². The zero-order valence-corrected chi connectivity index (χ0v) is 45.0. The molecule has 0 saturated carbocycles. The van der Waals surface area contributed by atoms with Crippen LogP contribution >= 0.6 is 0 Å². The topological polar surface area (TPSA) is 228 Å². The van der Waals surface area contributed by atoms with Gasteiger partial charge >= 0.3 is 0 Å². The molecule has 12 unspecified atom stereocenters. The minimum Gasteiger partial charge on any atom is -0.394 e. The van der Waals surface area contributed by atoms with Crippen molar-refractivity contribution in [1.82, 2.24) is 5.32 Å². The van der Waals surface area contributed by atoms with Gasteiger partial charge in [0.1, 0.15) is 48.8 Å². The second kappa shape index (κ2) is 43.9. The minimum atomic E-state index is -1.78. The number of unbranched alkanes of at least 4 members (excludes halogenated alkanes) is 32. The molecule has 14 nitrogen and oxygen atoms in total. The molecular formula is C57H109NO13. The van der Waals surface area contributed by atoms with Gasteiger partial charge in [-0.05, 0) is 38.5 Å². The molecule has 420 valence electrons. The number of rotatable bonds is 47. The number of hydrogen-bond acceptors (Lipinski definition) is 13. The Kier molecular flexibility index (Phi) is 40.7. The molecule has 2 heterocycles. The lowest BCUT2D eigenvalue weighted by Crippen LogP contribution is -2.65. The van der Waals surface area contributed by atoms with Gasteiger partial charge in [0.2, 0.25) is 5.91 Å². The van der Waals surface area contributed by atoms with E-state index in [1.807, 2.05) is 0 Å². The van der Waals surface area contributed by atoms with E-state index in [-0.39, 0.29) is 12.5 Å². The summed E-state index contributed by atoms with van der Waals surface area (Å²) in [5, 5.41) is 87.1. The van der Waals surface area contributed by atoms with Crippen molar-refractivity contribution in [2.45, 2.75) is 325 Å². The van der Waals surface area contributed by atoms with Crippen LogP contribution in [0.5, 0.6) is 0 Å². The standard InChI is InChI=1S/C57H109NO13/c1-3-5-7-9-11-13-15-17-18-19-20-21-22-23-24-25-26-27-29-30-32-34-36-38-40-46(61)45(58-49(62)41-39-37-35-33-31-28-16-14-12-10-8-6-4-2)44-68-56-54(67)52(65)55(48(43-60)70-56)71-57-53(66)51(64)50(63)47(42-59)69-57/h14,16,45-48,50-57,59-61,63-67H,3-13,15,17-44H2,1-2H3,(H,58,62)/b16-14-. The molecule has 0 aromatic heterocycles. The minimum absolute atomic E-state index is 0.213. The molecule has 0 aromatic rings. The first kappa shape index (κ1) is 65.8. The quantitative estimate of drug-likeness (QED) is 0.0205. The van der Waals surface area contributed by atoms with Crippen molar-refractivity contribution in [2.24, 2.45) is 0 Å². The molecule has 2 fully saturated rings. The summed E-state index contributed by atoms with van der Waals surface area (Å²) in [4.78, 5) is 13.2. The molecule has 2 rings (SSSR count). The summed E-state index contributed by atoms with van der Waals surface area (Å²) in [7, 11) is 0. The first-order valence-corrected chi connectivity index (χ1v) is 29.4. The lowest BCUT2D eigenvalue weighted by atomic mass is 9.97. The number of amides is 1. The van der Waals surface area contributed by atoms with E-state index in [2.05, 4.69) is 31.3 Å². The zero-order chi connectivity index (χ0) is 51.7. The SMILES string of the molecule is CCCCCC/C=C\CCCCCCCC(=O)NC(COC1OC(CO)C(OC2OC(CO)C(O)C(O)C2O)C(O)C1O)C(O)CCCCCCCCCCCCCCCCCCCCCCCCCC. The summed E-state index contributed by atoms with van der Waals surface area (Å²) in [6, 6.07) is -0.829. The van der Waals surface area contributed by atoms with Crippen LogP contribution in [0.3, 0.4) is 0 Å². The van der Waals surface area contributed by atoms with Gasteiger partial charge in [0.05, 0.1) is 32.0 Å². The van der Waals surface area contributed by atoms with Crippen molar-refractivity contribution in [2.75, 3.05) is 19.8 Å². The van der Waals surface area contributed by atoms with Gasteiger partial charge in [-0.1, -0.05) is 219 Å². The number of aliphatic hydroxyl groups excluding tert-OH is 8. The second-order valence-corrected chi connectivity index (χ2v) is 21.1. The molecule has 2 saturated heterocycles. The van der Waals surface area contributed by atoms with Gasteiger partial charge < -0.3 is 65.1 Å². The van der Waals surface area contributed by atoms with E-state index in [1.165, 1.54) is 154 Å². The number of carbonyl (C=O) groups is 1. The smallest absolute Gasteiger partial charge is 0.220 e. The maximum Gasteiger partial charge on any atom is 0.220 e. The molecule has 2 aliphatic heterocycles. The van der Waals surface area contributed by atoms with Crippen molar-refractivity contribution in [1.29, 1.82) is 0 Å². The van der Waals surface area contributed by atoms with E-state index >= 15 is 0 Å². The highest BCUT2D eigenvalue weighted by Gasteiger charge is 2.51. The number of allylic oxidation sites excluding steroid dienone is 2. The maximum absolute atomic E-state index is 13.2. The van der Waals surface area contributed by atoms with Gasteiger partial charge in [-0.15, -0.1) is 0 Å². The van der Waals surface area contributed by atoms with Crippen molar-refractivity contribution in [3.05, 3.63) is 12.2 Å². The Bertz CT molecular complexity index is 1240. The molecule has 0 bridgehead atoms. The number of aliphatic hydroxyl groups is 8. The van der Waals surface area contributed by atoms with E-state index in [0.29, 0.717) is 19.3 Å². The van der Waals surface area contributed by atoms with Crippen LogP contribution in [0.25, 0.3) is 0 Å². The number of hydrogen-bond donors (Lipinski definition) is 9. The molecule has 0 aliphatic carbocycles. The fourth-order valence-corrected chi connectivity index (χ4v) is 9.94. The molecule has 2 aliphatic rings. The Hall–Kier alpha value is -1.27. The lowest BCUT2D eigenvalue weighted by Gasteiger charge is -2.46. The van der Waals surface area contributed by atoms with Crippen LogP contribution in [0.2, 0.25) is 0 Å². The van der Waals surface area contributed by atoms with E-state index < -0.39 is 86.8 Å². The molecular weight excluding hydrogens is 907 g/mol. The Balaban J connectivity index is 1.73. The average molecular weight is 1020 g/mol. The monoisotopic (exact) mass is 1020 g/mol. The lowest BCUT2D eigenvalue weighted by molar-refractivity contribution is -0.359. The fourth-order valence-electron chi connectivity index (χ4n) is 9.94. The number of carbonyl (C=O) groups excluding carboxylic acids is 1. The highest BCUT2D eigenvalue weighted by atomic mass is 16.7. The van der Waals surface area contributed by atoms with E-state index in [4.69, 9.17) is 18.9 Å². The van der Waals surface area contributed by atoms with Gasteiger partial charge in [0.15, 0.2) is 12.6 Å². The van der Waals surface area contributed by atoms with Crippen LogP contribution in [0, 0.1) is 0 Å². The zero-order valence-electron chi connectivity index (χ0n) is 45.0. The van der Waals surface area contributed by atoms with Gasteiger partial charge in [0, 0.05) is 6.42 Å². The fraction of sp³-hybridized carbons (Fsp3) is 0.947. The van der Waals surface area contributed by atoms with Gasteiger partial charge in [-0.25, -0.2) is 0 Å². The van der Waals surface area contributed by atoms with Crippen LogP contribution in [0.15, 0.2) is 12.2 Å². The summed E-state index contributed by atoms with van der Waals surface area (Å²) in [6.07, 6.45) is 32.2. The van der Waals surface area contributed by atoms with Gasteiger partial charge in [-0.2, -0.15) is 0 Å². The predicted octanol–water partition coefficient (Wildman–Crippen LogP) is 9.50. The molecule has 12 atom stereocenters. The van der Waals surface area contributed by atoms with Crippen LogP contribution in [0.1, 0.15) is 251 Å². The number of nitrogens with one attached hydrogen (secondary N) is 1. The number of ether oxygens (including phenoxy) is 4. The molecule has 14 heteroatoms. The molecule has 1 amide bonds. The Morgan fingerprint density at radius 1 is 0.493 bits per heavy atom. The first-order chi connectivity index (χ1) is 34.6. The van der Waals surface area contributed by atoms with Crippen LogP contribution < -0.4 is 5.32 Å². The van der Waals surface area contributed by atoms with Crippen molar-refractivity contribution in [3.8, 4) is 0 Å². The van der Waals surface area contributed by atoms with Crippen molar-refractivity contribution < 1.29 is 64.6 Å². The Morgan fingerprint density at radius 2 is 0.887 bits per heavy atom. The highest BCUT2D eigenvalue weighted by molar-refractivity contribution is 5.76. The largest absolute Gasteiger partial charge is 0.394 e. The molecule has 0 radical (unpaired) electrons. The first-order valence-electron chi connectivity index (χ1n) is 29.4. The summed E-state index contributed by atoms with van der Waals surface area (Å²) in [5.41, 5.74) is 0. The van der Waals surface area contributed by atoms with Crippen molar-refractivity contribution >= 4 is 5.91 Å². The normalized spacial score (nSPS) is 25.8. The third-order valence-electron chi connectivity index (χ3n) is 14.7. The van der Waals surface area contributed by atoms with Crippen molar-refractivity contribution in [3.63, 3.8) is 0 Å². The Morgan fingerprint density at radius 3 is 1.35 bits per heavy atom. The summed E-state index contributed by atoms with van der Waals surface area (Å²) in [6.45, 7) is 2.86. The molecule has 0 spiro atoms. The van der Waals surface area contributed by atoms with Crippen LogP contribution in [0.4, 0.5) is 0 Å². The third-order valence-corrected chi connectivity index (χ3v) is 14.7. The second-order valence-electron chi connectivity index (χ2n) is 21.1. The van der Waals surface area contributed by atoms with Gasteiger partial charge in [0.25, 0.3) is 0 Å². The highest BCUT2D eigenvalue weighted by Crippen LogP contribution is 2.30. The average Bonchev–Trinajstić information content (AvgIpc) is 3.37. The summed E-state index contributed by atoms with van der Waals surface area (Å²) in [5.74, 6) is -0.213. The van der Waals surface area contributed by atoms with E-state index in [0.717, 1.165) is 64.2 Å².